The highest BCUT2D eigenvalue weighted by atomic mass is 16.5. The molecule has 0 aromatic heterocycles. The molecule has 4 nitrogen and oxygen atoms in total. The van der Waals surface area contributed by atoms with Crippen LogP contribution in [0.5, 0.6) is 5.75 Å². The van der Waals surface area contributed by atoms with Gasteiger partial charge in [0.25, 0.3) is 0 Å². The average Bonchev–Trinajstić information content (AvgIpc) is 2.67. The SMILES string of the molecule is O=C1CCN(C(=O)/C=C/c2ccc(OCc3ccccc3)cc2)CC1. The number of ketones is 1. The van der Waals surface area contributed by atoms with E-state index in [0.717, 1.165) is 16.9 Å². The molecule has 0 saturated carbocycles. The van der Waals surface area contributed by atoms with Crippen LogP contribution in [0.15, 0.2) is 60.7 Å². The third kappa shape index (κ3) is 5.05. The lowest BCUT2D eigenvalue weighted by Crippen LogP contribution is -2.37. The second-order valence-electron chi connectivity index (χ2n) is 6.04. The number of hydrogen-bond donors (Lipinski definition) is 0. The van der Waals surface area contributed by atoms with Crippen LogP contribution < -0.4 is 4.74 Å². The van der Waals surface area contributed by atoms with Gasteiger partial charge in [0.05, 0.1) is 0 Å². The molecule has 1 amide bonds. The molecule has 25 heavy (non-hydrogen) atoms. The van der Waals surface area contributed by atoms with Gasteiger partial charge in [-0.15, -0.1) is 0 Å². The number of rotatable bonds is 5. The Morgan fingerprint density at radius 2 is 1.68 bits per heavy atom. The van der Waals surface area contributed by atoms with Crippen molar-refractivity contribution in [3.05, 3.63) is 71.8 Å². The summed E-state index contributed by atoms with van der Waals surface area (Å²) in [4.78, 5) is 25.0. The van der Waals surface area contributed by atoms with Crippen LogP contribution in [0, 0.1) is 0 Å². The van der Waals surface area contributed by atoms with Gasteiger partial charge in [0, 0.05) is 32.0 Å². The molecule has 128 valence electrons. The lowest BCUT2D eigenvalue weighted by atomic mass is 10.1. The average molecular weight is 335 g/mol. The molecule has 0 unspecified atom stereocenters. The number of Topliss-reactive ketones (excluding diaryl/α,β-unsaturated/α-hetero) is 1. The van der Waals surface area contributed by atoms with Gasteiger partial charge in [-0.1, -0.05) is 42.5 Å². The first-order valence-corrected chi connectivity index (χ1v) is 8.46. The Bertz CT molecular complexity index is 740. The maximum absolute atomic E-state index is 12.1. The molecule has 0 aliphatic carbocycles. The second-order valence-corrected chi connectivity index (χ2v) is 6.04. The zero-order valence-corrected chi connectivity index (χ0v) is 14.1. The third-order valence-electron chi connectivity index (χ3n) is 4.18. The zero-order chi connectivity index (χ0) is 17.5. The third-order valence-corrected chi connectivity index (χ3v) is 4.18. The van der Waals surface area contributed by atoms with E-state index >= 15 is 0 Å². The molecular formula is C21H21NO3. The van der Waals surface area contributed by atoms with Crippen molar-refractivity contribution in [2.24, 2.45) is 0 Å². The molecular weight excluding hydrogens is 314 g/mol. The summed E-state index contributed by atoms with van der Waals surface area (Å²) in [7, 11) is 0. The number of likely N-dealkylation sites (tertiary alicyclic amines) is 1. The van der Waals surface area contributed by atoms with E-state index in [2.05, 4.69) is 0 Å². The predicted molar refractivity (Wildman–Crippen MR) is 97.1 cm³/mol. The molecule has 1 fully saturated rings. The minimum Gasteiger partial charge on any atom is -0.489 e. The fourth-order valence-corrected chi connectivity index (χ4v) is 2.67. The predicted octanol–water partition coefficient (Wildman–Crippen LogP) is 3.47. The maximum Gasteiger partial charge on any atom is 0.246 e. The summed E-state index contributed by atoms with van der Waals surface area (Å²) in [6.45, 7) is 1.57. The van der Waals surface area contributed by atoms with Crippen LogP contribution >= 0.6 is 0 Å². The number of hydrogen-bond acceptors (Lipinski definition) is 3. The fraction of sp³-hybridized carbons (Fsp3) is 0.238. The standard InChI is InChI=1S/C21H21NO3/c23-19-12-14-22(15-13-19)21(24)11-8-17-6-9-20(10-7-17)25-16-18-4-2-1-3-5-18/h1-11H,12-16H2/b11-8+. The number of benzene rings is 2. The molecule has 1 aliphatic heterocycles. The first-order valence-electron chi connectivity index (χ1n) is 8.46. The van der Waals surface area contributed by atoms with Gasteiger partial charge in [-0.3, -0.25) is 9.59 Å². The maximum atomic E-state index is 12.1. The number of amides is 1. The van der Waals surface area contributed by atoms with Gasteiger partial charge in [-0.2, -0.15) is 0 Å². The summed E-state index contributed by atoms with van der Waals surface area (Å²) >= 11 is 0. The van der Waals surface area contributed by atoms with E-state index in [1.54, 1.807) is 17.1 Å². The molecule has 0 bridgehead atoms. The van der Waals surface area contributed by atoms with Crippen molar-refractivity contribution in [1.29, 1.82) is 0 Å². The zero-order valence-electron chi connectivity index (χ0n) is 14.1. The van der Waals surface area contributed by atoms with Gasteiger partial charge < -0.3 is 9.64 Å². The summed E-state index contributed by atoms with van der Waals surface area (Å²) in [5.74, 6) is 0.984. The van der Waals surface area contributed by atoms with Crippen molar-refractivity contribution < 1.29 is 14.3 Å². The molecule has 0 atom stereocenters. The summed E-state index contributed by atoms with van der Waals surface area (Å²) < 4.78 is 5.75. The van der Waals surface area contributed by atoms with Crippen molar-refractivity contribution in [2.45, 2.75) is 19.4 Å². The van der Waals surface area contributed by atoms with Gasteiger partial charge in [-0.05, 0) is 29.3 Å². The van der Waals surface area contributed by atoms with Gasteiger partial charge in [0.15, 0.2) is 0 Å². The Labute approximate surface area is 147 Å². The van der Waals surface area contributed by atoms with Crippen molar-refractivity contribution >= 4 is 17.8 Å². The van der Waals surface area contributed by atoms with Gasteiger partial charge >= 0.3 is 0 Å². The Morgan fingerprint density at radius 1 is 1.00 bits per heavy atom. The Kier molecular flexibility index (Phi) is 5.62. The molecule has 0 radical (unpaired) electrons. The lowest BCUT2D eigenvalue weighted by molar-refractivity contribution is -0.130. The van der Waals surface area contributed by atoms with Crippen LogP contribution in [-0.4, -0.2) is 29.7 Å². The Hall–Kier alpha value is -2.88. The molecule has 2 aromatic carbocycles. The molecule has 0 spiro atoms. The molecule has 4 heteroatoms. The fourth-order valence-electron chi connectivity index (χ4n) is 2.67. The highest BCUT2D eigenvalue weighted by Crippen LogP contribution is 2.15. The molecule has 1 heterocycles. The van der Waals surface area contributed by atoms with Gasteiger partial charge in [0.1, 0.15) is 18.1 Å². The quantitative estimate of drug-likeness (QED) is 0.786. The number of carbonyl (C=O) groups is 2. The lowest BCUT2D eigenvalue weighted by Gasteiger charge is -2.24. The van der Waals surface area contributed by atoms with E-state index in [9.17, 15) is 9.59 Å². The number of carbonyl (C=O) groups excluding carboxylic acids is 2. The Morgan fingerprint density at radius 3 is 2.36 bits per heavy atom. The summed E-state index contributed by atoms with van der Waals surface area (Å²) in [5.41, 5.74) is 2.06. The Balaban J connectivity index is 1.51. The van der Waals surface area contributed by atoms with Crippen molar-refractivity contribution in [2.75, 3.05) is 13.1 Å². The van der Waals surface area contributed by atoms with E-state index < -0.39 is 0 Å². The monoisotopic (exact) mass is 335 g/mol. The van der Waals surface area contributed by atoms with Crippen molar-refractivity contribution in [3.8, 4) is 5.75 Å². The first-order chi connectivity index (χ1) is 12.2. The minimum absolute atomic E-state index is 0.0445. The molecule has 1 aliphatic rings. The number of nitrogens with zero attached hydrogens (tertiary/aromatic N) is 1. The van der Waals surface area contributed by atoms with Crippen molar-refractivity contribution in [1.82, 2.24) is 4.90 Å². The van der Waals surface area contributed by atoms with Crippen LogP contribution in [-0.2, 0) is 16.2 Å². The largest absolute Gasteiger partial charge is 0.489 e. The second kappa shape index (κ2) is 8.29. The van der Waals surface area contributed by atoms with Crippen LogP contribution in [0.25, 0.3) is 6.08 Å². The number of ether oxygens (including phenoxy) is 1. The minimum atomic E-state index is -0.0445. The van der Waals surface area contributed by atoms with Gasteiger partial charge in [0.2, 0.25) is 5.91 Å². The van der Waals surface area contributed by atoms with E-state index in [4.69, 9.17) is 4.74 Å². The van der Waals surface area contributed by atoms with Crippen molar-refractivity contribution in [3.63, 3.8) is 0 Å². The topological polar surface area (TPSA) is 46.6 Å². The van der Waals surface area contributed by atoms with E-state index in [-0.39, 0.29) is 11.7 Å². The summed E-state index contributed by atoms with van der Waals surface area (Å²) in [6, 6.07) is 17.6. The van der Waals surface area contributed by atoms with Crippen LogP contribution in [0.1, 0.15) is 24.0 Å². The normalized spacial score (nSPS) is 14.7. The molecule has 0 N–H and O–H groups in total. The highest BCUT2D eigenvalue weighted by molar-refractivity contribution is 5.93. The summed E-state index contributed by atoms with van der Waals surface area (Å²) in [6.07, 6.45) is 4.29. The number of piperidine rings is 1. The molecule has 3 rings (SSSR count). The van der Waals surface area contributed by atoms with Crippen LogP contribution in [0.4, 0.5) is 0 Å². The van der Waals surface area contributed by atoms with Gasteiger partial charge in [-0.25, -0.2) is 0 Å². The van der Waals surface area contributed by atoms with Crippen LogP contribution in [0.2, 0.25) is 0 Å². The molecule has 2 aromatic rings. The van der Waals surface area contributed by atoms with E-state index in [1.165, 1.54) is 0 Å². The first kappa shape index (κ1) is 17.0. The van der Waals surface area contributed by atoms with E-state index in [1.807, 2.05) is 54.6 Å². The summed E-state index contributed by atoms with van der Waals surface area (Å²) in [5, 5.41) is 0. The smallest absolute Gasteiger partial charge is 0.246 e. The molecule has 1 saturated heterocycles. The van der Waals surface area contributed by atoms with Crippen LogP contribution in [0.3, 0.4) is 0 Å². The highest BCUT2D eigenvalue weighted by Gasteiger charge is 2.18. The van der Waals surface area contributed by atoms with E-state index in [0.29, 0.717) is 32.5 Å².